The van der Waals surface area contributed by atoms with Crippen LogP contribution in [0.5, 0.6) is 0 Å². The molecule has 0 bridgehead atoms. The van der Waals surface area contributed by atoms with Crippen molar-refractivity contribution >= 4 is 34.8 Å². The number of amides is 2. The molecule has 0 aliphatic carbocycles. The van der Waals surface area contributed by atoms with Crippen LogP contribution in [-0.4, -0.2) is 18.4 Å². The number of nitrogens with one attached hydrogen (secondary N) is 1. The van der Waals surface area contributed by atoms with Crippen LogP contribution < -0.4 is 10.2 Å². The Balaban J connectivity index is 2.14. The van der Waals surface area contributed by atoms with Crippen LogP contribution in [0.1, 0.15) is 18.1 Å². The van der Waals surface area contributed by atoms with E-state index in [4.69, 9.17) is 11.6 Å². The average Bonchev–Trinajstić information content (AvgIpc) is 2.47. The fourth-order valence-electron chi connectivity index (χ4n) is 2.28. The number of rotatable bonds is 4. The van der Waals surface area contributed by atoms with E-state index >= 15 is 0 Å². The third-order valence-corrected chi connectivity index (χ3v) is 3.69. The molecule has 1 N–H and O–H groups in total. The molecule has 120 valence electrons. The molecule has 0 radical (unpaired) electrons. The van der Waals surface area contributed by atoms with Crippen LogP contribution in [0, 0.1) is 13.8 Å². The van der Waals surface area contributed by atoms with Crippen LogP contribution in [0.15, 0.2) is 42.5 Å². The number of carbonyl (C=O) groups is 2. The largest absolute Gasteiger partial charge is 0.324 e. The van der Waals surface area contributed by atoms with E-state index in [9.17, 15) is 9.59 Å². The lowest BCUT2D eigenvalue weighted by Gasteiger charge is -2.21. The maximum Gasteiger partial charge on any atom is 0.244 e. The summed E-state index contributed by atoms with van der Waals surface area (Å²) in [6.45, 7) is 5.22. The van der Waals surface area contributed by atoms with Crippen LogP contribution >= 0.6 is 11.6 Å². The van der Waals surface area contributed by atoms with Crippen LogP contribution in [0.25, 0.3) is 0 Å². The molecule has 23 heavy (non-hydrogen) atoms. The van der Waals surface area contributed by atoms with Crippen molar-refractivity contribution in [2.45, 2.75) is 20.8 Å². The molecule has 0 aromatic heterocycles. The minimum absolute atomic E-state index is 0.0408. The number of aryl methyl sites for hydroxylation is 2. The summed E-state index contributed by atoms with van der Waals surface area (Å²) in [5.41, 5.74) is 3.30. The summed E-state index contributed by atoms with van der Waals surface area (Å²) in [6, 6.07) is 12.7. The van der Waals surface area contributed by atoms with Gasteiger partial charge in [0.2, 0.25) is 11.8 Å². The number of carbonyl (C=O) groups excluding carboxylic acids is 2. The molecule has 0 fully saturated rings. The monoisotopic (exact) mass is 330 g/mol. The Morgan fingerprint density at radius 1 is 1.13 bits per heavy atom. The molecular weight excluding hydrogens is 312 g/mol. The van der Waals surface area contributed by atoms with Crippen molar-refractivity contribution in [3.63, 3.8) is 0 Å². The first-order valence-corrected chi connectivity index (χ1v) is 7.65. The Morgan fingerprint density at radius 2 is 1.87 bits per heavy atom. The third-order valence-electron chi connectivity index (χ3n) is 3.46. The highest BCUT2D eigenvalue weighted by atomic mass is 35.5. The molecule has 0 heterocycles. The second-order valence-electron chi connectivity index (χ2n) is 5.45. The Labute approximate surface area is 141 Å². The van der Waals surface area contributed by atoms with Gasteiger partial charge >= 0.3 is 0 Å². The van der Waals surface area contributed by atoms with E-state index < -0.39 is 0 Å². The minimum Gasteiger partial charge on any atom is -0.324 e. The van der Waals surface area contributed by atoms with E-state index in [1.807, 2.05) is 38.1 Å². The molecule has 0 saturated carbocycles. The molecular formula is C18H19ClN2O2. The van der Waals surface area contributed by atoms with Gasteiger partial charge in [0.25, 0.3) is 0 Å². The number of benzene rings is 2. The van der Waals surface area contributed by atoms with Gasteiger partial charge in [-0.2, -0.15) is 0 Å². The molecule has 2 aromatic carbocycles. The van der Waals surface area contributed by atoms with Gasteiger partial charge in [-0.05, 0) is 55.3 Å². The Bertz CT molecular complexity index is 744. The van der Waals surface area contributed by atoms with Gasteiger partial charge in [-0.15, -0.1) is 0 Å². The SMILES string of the molecule is CC(=O)N(CC(=O)Nc1ccc(Cl)cc1C)c1cccc(C)c1. The number of halogens is 1. The van der Waals surface area contributed by atoms with Crippen molar-refractivity contribution in [2.24, 2.45) is 0 Å². The predicted molar refractivity (Wildman–Crippen MR) is 94.0 cm³/mol. The molecule has 0 atom stereocenters. The van der Waals surface area contributed by atoms with Crippen molar-refractivity contribution in [1.82, 2.24) is 0 Å². The lowest BCUT2D eigenvalue weighted by atomic mass is 10.2. The molecule has 5 heteroatoms. The first kappa shape index (κ1) is 17.0. The third kappa shape index (κ3) is 4.57. The smallest absolute Gasteiger partial charge is 0.244 e. The summed E-state index contributed by atoms with van der Waals surface area (Å²) < 4.78 is 0. The highest BCUT2D eigenvalue weighted by molar-refractivity contribution is 6.30. The molecule has 2 aromatic rings. The maximum atomic E-state index is 12.3. The molecule has 4 nitrogen and oxygen atoms in total. The van der Waals surface area contributed by atoms with Crippen molar-refractivity contribution < 1.29 is 9.59 Å². The summed E-state index contributed by atoms with van der Waals surface area (Å²) in [4.78, 5) is 25.6. The van der Waals surface area contributed by atoms with Crippen LogP contribution in [0.2, 0.25) is 5.02 Å². The van der Waals surface area contributed by atoms with Gasteiger partial charge in [-0.25, -0.2) is 0 Å². The average molecular weight is 331 g/mol. The quantitative estimate of drug-likeness (QED) is 0.922. The van der Waals surface area contributed by atoms with Crippen molar-refractivity contribution in [3.05, 3.63) is 58.6 Å². The number of nitrogens with zero attached hydrogens (tertiary/aromatic N) is 1. The van der Waals surface area contributed by atoms with E-state index in [0.29, 0.717) is 16.4 Å². The highest BCUT2D eigenvalue weighted by Crippen LogP contribution is 2.20. The Kier molecular flexibility index (Phi) is 5.40. The number of hydrogen-bond acceptors (Lipinski definition) is 2. The molecule has 2 amide bonds. The summed E-state index contributed by atoms with van der Waals surface area (Å²) in [7, 11) is 0. The molecule has 0 unspecified atom stereocenters. The van der Waals surface area contributed by atoms with Gasteiger partial charge in [0, 0.05) is 23.3 Å². The van der Waals surface area contributed by atoms with Crippen molar-refractivity contribution in [3.8, 4) is 0 Å². The van der Waals surface area contributed by atoms with Gasteiger partial charge in [0.05, 0.1) is 0 Å². The number of hydrogen-bond donors (Lipinski definition) is 1. The van der Waals surface area contributed by atoms with E-state index in [2.05, 4.69) is 5.32 Å². The molecule has 0 saturated heterocycles. The van der Waals surface area contributed by atoms with Crippen LogP contribution in [0.3, 0.4) is 0 Å². The minimum atomic E-state index is -0.257. The van der Waals surface area contributed by atoms with Gasteiger partial charge in [0.1, 0.15) is 6.54 Å². The highest BCUT2D eigenvalue weighted by Gasteiger charge is 2.16. The van der Waals surface area contributed by atoms with Crippen molar-refractivity contribution in [1.29, 1.82) is 0 Å². The fourth-order valence-corrected chi connectivity index (χ4v) is 2.51. The van der Waals surface area contributed by atoms with Gasteiger partial charge in [-0.3, -0.25) is 9.59 Å². The van der Waals surface area contributed by atoms with Crippen LogP contribution in [-0.2, 0) is 9.59 Å². The summed E-state index contributed by atoms with van der Waals surface area (Å²) in [5, 5.41) is 3.43. The molecule has 0 spiro atoms. The van der Waals surface area contributed by atoms with Gasteiger partial charge < -0.3 is 10.2 Å². The first-order valence-electron chi connectivity index (χ1n) is 7.27. The van der Waals surface area contributed by atoms with E-state index in [1.54, 1.807) is 18.2 Å². The summed E-state index contributed by atoms with van der Waals surface area (Å²) in [6.07, 6.45) is 0. The van der Waals surface area contributed by atoms with E-state index in [-0.39, 0.29) is 18.4 Å². The lowest BCUT2D eigenvalue weighted by molar-refractivity contribution is -0.120. The zero-order valence-electron chi connectivity index (χ0n) is 13.4. The Hall–Kier alpha value is -2.33. The second-order valence-corrected chi connectivity index (χ2v) is 5.89. The first-order chi connectivity index (χ1) is 10.9. The van der Waals surface area contributed by atoms with Crippen molar-refractivity contribution in [2.75, 3.05) is 16.8 Å². The summed E-state index contributed by atoms with van der Waals surface area (Å²) >= 11 is 5.91. The van der Waals surface area contributed by atoms with E-state index in [0.717, 1.165) is 11.1 Å². The lowest BCUT2D eigenvalue weighted by Crippen LogP contribution is -2.36. The standard InChI is InChI=1S/C18H19ClN2O2/c1-12-5-4-6-16(9-12)21(14(3)22)11-18(23)20-17-8-7-15(19)10-13(17)2/h4-10H,11H2,1-3H3,(H,20,23). The normalized spacial score (nSPS) is 10.3. The molecule has 0 aliphatic rings. The van der Waals surface area contributed by atoms with Gasteiger partial charge in [0.15, 0.2) is 0 Å². The molecule has 0 aliphatic heterocycles. The zero-order valence-corrected chi connectivity index (χ0v) is 14.1. The van der Waals surface area contributed by atoms with Crippen LogP contribution in [0.4, 0.5) is 11.4 Å². The Morgan fingerprint density at radius 3 is 2.48 bits per heavy atom. The zero-order chi connectivity index (χ0) is 17.0. The summed E-state index contributed by atoms with van der Waals surface area (Å²) in [5.74, 6) is -0.439. The second kappa shape index (κ2) is 7.29. The van der Waals surface area contributed by atoms with E-state index in [1.165, 1.54) is 11.8 Å². The van der Waals surface area contributed by atoms with Gasteiger partial charge in [-0.1, -0.05) is 23.7 Å². The molecule has 2 rings (SSSR count). The maximum absolute atomic E-state index is 12.3. The fraction of sp³-hybridized carbons (Fsp3) is 0.222. The number of anilines is 2. The predicted octanol–water partition coefficient (Wildman–Crippen LogP) is 3.95. The topological polar surface area (TPSA) is 49.4 Å².